The Morgan fingerprint density at radius 3 is 2.45 bits per heavy atom. The van der Waals surface area contributed by atoms with Gasteiger partial charge in [0.25, 0.3) is 0 Å². The molecular weight excluding hydrogens is 340 g/mol. The van der Waals surface area contributed by atoms with E-state index in [-0.39, 0.29) is 0 Å². The van der Waals surface area contributed by atoms with E-state index in [1.807, 2.05) is 65.5 Å². The van der Waals surface area contributed by atoms with E-state index in [4.69, 9.17) is 5.10 Å². The van der Waals surface area contributed by atoms with Gasteiger partial charge in [-0.05, 0) is 24.3 Å². The second-order valence-electron chi connectivity index (χ2n) is 4.86. The summed E-state index contributed by atoms with van der Waals surface area (Å²) in [5, 5.41) is 5.70. The molecular formula is C17H11BrN4. The molecule has 106 valence electrons. The van der Waals surface area contributed by atoms with Crippen molar-refractivity contribution < 1.29 is 0 Å². The SMILES string of the molecule is Brc1ccc(-n2nc(-c3ccccc3)c3cncnc32)cc1. The van der Waals surface area contributed by atoms with Crippen LogP contribution in [0.25, 0.3) is 28.0 Å². The van der Waals surface area contributed by atoms with Crippen LogP contribution >= 0.6 is 15.9 Å². The molecule has 0 aliphatic rings. The summed E-state index contributed by atoms with van der Waals surface area (Å²) in [4.78, 5) is 8.55. The number of nitrogens with zero attached hydrogens (tertiary/aromatic N) is 4. The van der Waals surface area contributed by atoms with Gasteiger partial charge in [0.15, 0.2) is 5.65 Å². The van der Waals surface area contributed by atoms with Gasteiger partial charge in [-0.3, -0.25) is 0 Å². The quantitative estimate of drug-likeness (QED) is 0.542. The van der Waals surface area contributed by atoms with E-state index >= 15 is 0 Å². The monoisotopic (exact) mass is 350 g/mol. The molecule has 0 fully saturated rings. The van der Waals surface area contributed by atoms with Crippen LogP contribution in [-0.4, -0.2) is 19.7 Å². The summed E-state index contributed by atoms with van der Waals surface area (Å²) in [6.45, 7) is 0. The van der Waals surface area contributed by atoms with Crippen LogP contribution in [0.5, 0.6) is 0 Å². The minimum Gasteiger partial charge on any atom is -0.244 e. The fourth-order valence-electron chi connectivity index (χ4n) is 2.43. The van der Waals surface area contributed by atoms with Gasteiger partial charge in [-0.25, -0.2) is 14.6 Å². The maximum atomic E-state index is 4.76. The number of aromatic nitrogens is 4. The molecule has 0 aliphatic heterocycles. The Hall–Kier alpha value is -2.53. The van der Waals surface area contributed by atoms with E-state index in [1.54, 1.807) is 6.33 Å². The molecule has 4 rings (SSSR count). The predicted octanol–water partition coefficient (Wildman–Crippen LogP) is 4.25. The van der Waals surface area contributed by atoms with Gasteiger partial charge in [0, 0.05) is 16.2 Å². The second-order valence-corrected chi connectivity index (χ2v) is 5.78. The van der Waals surface area contributed by atoms with Crippen LogP contribution < -0.4 is 0 Å². The molecule has 2 heterocycles. The van der Waals surface area contributed by atoms with E-state index < -0.39 is 0 Å². The molecule has 4 aromatic rings. The normalized spacial score (nSPS) is 11.0. The molecule has 0 N–H and O–H groups in total. The van der Waals surface area contributed by atoms with Crippen molar-refractivity contribution in [3.05, 3.63) is 71.6 Å². The zero-order chi connectivity index (χ0) is 14.9. The van der Waals surface area contributed by atoms with Crippen molar-refractivity contribution in [3.63, 3.8) is 0 Å². The van der Waals surface area contributed by atoms with Crippen molar-refractivity contribution in [3.8, 4) is 16.9 Å². The van der Waals surface area contributed by atoms with Crippen LogP contribution in [-0.2, 0) is 0 Å². The van der Waals surface area contributed by atoms with Gasteiger partial charge in [0.2, 0.25) is 0 Å². The van der Waals surface area contributed by atoms with E-state index in [1.165, 1.54) is 0 Å². The summed E-state index contributed by atoms with van der Waals surface area (Å²) < 4.78 is 2.89. The highest BCUT2D eigenvalue weighted by Crippen LogP contribution is 2.28. The Balaban J connectivity index is 1.99. The Morgan fingerprint density at radius 2 is 1.68 bits per heavy atom. The largest absolute Gasteiger partial charge is 0.244 e. The lowest BCUT2D eigenvalue weighted by Crippen LogP contribution is -1.97. The summed E-state index contributed by atoms with van der Waals surface area (Å²) in [5.74, 6) is 0. The molecule has 0 saturated heterocycles. The average Bonchev–Trinajstić information content (AvgIpc) is 2.96. The molecule has 0 unspecified atom stereocenters. The van der Waals surface area contributed by atoms with Gasteiger partial charge in [0.1, 0.15) is 12.0 Å². The highest BCUT2D eigenvalue weighted by molar-refractivity contribution is 9.10. The van der Waals surface area contributed by atoms with Gasteiger partial charge in [-0.2, -0.15) is 5.10 Å². The minimum absolute atomic E-state index is 0.802. The van der Waals surface area contributed by atoms with Crippen LogP contribution in [0.1, 0.15) is 0 Å². The summed E-state index contributed by atoms with van der Waals surface area (Å²) in [6, 6.07) is 18.1. The average molecular weight is 351 g/mol. The van der Waals surface area contributed by atoms with Crippen LogP contribution in [0, 0.1) is 0 Å². The Labute approximate surface area is 135 Å². The maximum absolute atomic E-state index is 4.76. The molecule has 0 atom stereocenters. The van der Waals surface area contributed by atoms with Gasteiger partial charge >= 0.3 is 0 Å². The van der Waals surface area contributed by atoms with E-state index in [0.29, 0.717) is 0 Å². The summed E-state index contributed by atoms with van der Waals surface area (Å²) in [6.07, 6.45) is 3.36. The second kappa shape index (κ2) is 5.35. The number of hydrogen-bond donors (Lipinski definition) is 0. The van der Waals surface area contributed by atoms with Crippen molar-refractivity contribution in [2.45, 2.75) is 0 Å². The summed E-state index contributed by atoms with van der Waals surface area (Å²) in [7, 11) is 0. The molecule has 0 spiro atoms. The molecule has 0 saturated carbocycles. The fourth-order valence-corrected chi connectivity index (χ4v) is 2.70. The predicted molar refractivity (Wildman–Crippen MR) is 89.8 cm³/mol. The first-order valence-electron chi connectivity index (χ1n) is 6.83. The fraction of sp³-hybridized carbons (Fsp3) is 0. The molecule has 5 heteroatoms. The molecule has 0 bridgehead atoms. The third-order valence-corrected chi connectivity index (χ3v) is 3.99. The van der Waals surface area contributed by atoms with Crippen molar-refractivity contribution in [1.29, 1.82) is 0 Å². The lowest BCUT2D eigenvalue weighted by molar-refractivity contribution is 0.898. The van der Waals surface area contributed by atoms with Crippen molar-refractivity contribution >= 4 is 27.0 Å². The van der Waals surface area contributed by atoms with Gasteiger partial charge in [-0.1, -0.05) is 46.3 Å². The molecule has 2 aromatic carbocycles. The molecule has 0 amide bonds. The van der Waals surface area contributed by atoms with Crippen LogP contribution in [0.4, 0.5) is 0 Å². The van der Waals surface area contributed by atoms with Gasteiger partial charge < -0.3 is 0 Å². The third-order valence-electron chi connectivity index (χ3n) is 3.47. The lowest BCUT2D eigenvalue weighted by Gasteiger charge is -2.02. The standard InChI is InChI=1S/C17H11BrN4/c18-13-6-8-14(9-7-13)22-17-15(10-19-11-20-17)16(21-22)12-4-2-1-3-5-12/h1-11H. The molecule has 0 radical (unpaired) electrons. The Bertz CT molecular complexity index is 930. The van der Waals surface area contributed by atoms with E-state index in [2.05, 4.69) is 25.9 Å². The highest BCUT2D eigenvalue weighted by atomic mass is 79.9. The smallest absolute Gasteiger partial charge is 0.166 e. The summed E-state index contributed by atoms with van der Waals surface area (Å²) in [5.41, 5.74) is 3.71. The topological polar surface area (TPSA) is 43.6 Å². The highest BCUT2D eigenvalue weighted by Gasteiger charge is 2.14. The molecule has 4 nitrogen and oxygen atoms in total. The van der Waals surface area contributed by atoms with Crippen molar-refractivity contribution in [1.82, 2.24) is 19.7 Å². The zero-order valence-corrected chi connectivity index (χ0v) is 13.1. The molecule has 0 aliphatic carbocycles. The first-order chi connectivity index (χ1) is 10.8. The Kier molecular flexibility index (Phi) is 3.20. The number of halogens is 1. The van der Waals surface area contributed by atoms with Crippen LogP contribution in [0.3, 0.4) is 0 Å². The number of rotatable bonds is 2. The third kappa shape index (κ3) is 2.19. The number of hydrogen-bond acceptors (Lipinski definition) is 3. The first kappa shape index (κ1) is 13.2. The van der Waals surface area contributed by atoms with Crippen molar-refractivity contribution in [2.75, 3.05) is 0 Å². The minimum atomic E-state index is 0.802. The zero-order valence-electron chi connectivity index (χ0n) is 11.5. The van der Waals surface area contributed by atoms with Crippen LogP contribution in [0.2, 0.25) is 0 Å². The number of benzene rings is 2. The lowest BCUT2D eigenvalue weighted by atomic mass is 10.1. The molecule has 2 aromatic heterocycles. The maximum Gasteiger partial charge on any atom is 0.166 e. The van der Waals surface area contributed by atoms with E-state index in [9.17, 15) is 0 Å². The van der Waals surface area contributed by atoms with Crippen LogP contribution in [0.15, 0.2) is 71.6 Å². The Morgan fingerprint density at radius 1 is 0.909 bits per heavy atom. The van der Waals surface area contributed by atoms with Gasteiger partial charge in [-0.15, -0.1) is 0 Å². The van der Waals surface area contributed by atoms with Crippen molar-refractivity contribution in [2.24, 2.45) is 0 Å². The number of fused-ring (bicyclic) bond motifs is 1. The first-order valence-corrected chi connectivity index (χ1v) is 7.62. The summed E-state index contributed by atoms with van der Waals surface area (Å²) >= 11 is 3.45. The van der Waals surface area contributed by atoms with E-state index in [0.717, 1.165) is 32.5 Å². The molecule has 22 heavy (non-hydrogen) atoms. The van der Waals surface area contributed by atoms with Gasteiger partial charge in [0.05, 0.1) is 11.1 Å².